The summed E-state index contributed by atoms with van der Waals surface area (Å²) >= 11 is 0. The molecule has 6 nitrogen and oxygen atoms in total. The zero-order chi connectivity index (χ0) is 37.2. The highest BCUT2D eigenvalue weighted by Crippen LogP contribution is 2.55. The van der Waals surface area contributed by atoms with Crippen LogP contribution in [0.1, 0.15) is 49.3 Å². The second-order valence-corrected chi connectivity index (χ2v) is 14.0. The lowest BCUT2D eigenvalue weighted by Crippen LogP contribution is -2.57. The number of nitrogens with zero attached hydrogens (tertiary/aromatic N) is 1. The van der Waals surface area contributed by atoms with Crippen molar-refractivity contribution in [2.24, 2.45) is 5.92 Å². The molecule has 1 aliphatic heterocycles. The number of likely N-dealkylation sites (tertiary alicyclic amines) is 1. The molecule has 1 aliphatic carbocycles. The molecule has 1 unspecified atom stereocenters. The molecule has 2 aromatic rings. The molecule has 2 fully saturated rings. The van der Waals surface area contributed by atoms with Crippen LogP contribution in [0.25, 0.3) is 0 Å². The van der Waals surface area contributed by atoms with Crippen molar-refractivity contribution in [1.82, 2.24) is 10.2 Å². The molecule has 1 saturated carbocycles. The van der Waals surface area contributed by atoms with Crippen molar-refractivity contribution in [3.63, 3.8) is 0 Å². The van der Waals surface area contributed by atoms with Crippen LogP contribution in [0.15, 0.2) is 78.5 Å². The summed E-state index contributed by atoms with van der Waals surface area (Å²) < 4.78 is 145. The van der Waals surface area contributed by atoms with Gasteiger partial charge < -0.3 is 15.0 Å². The largest absolute Gasteiger partial charge is 0.430 e. The van der Waals surface area contributed by atoms with Crippen LogP contribution in [-0.2, 0) is 42.1 Å². The molecule has 1 saturated heterocycles. The van der Waals surface area contributed by atoms with Crippen LogP contribution < -0.4 is 5.32 Å². The van der Waals surface area contributed by atoms with Gasteiger partial charge in [0.15, 0.2) is 0 Å². The summed E-state index contributed by atoms with van der Waals surface area (Å²) in [5.41, 5.74) is -7.62. The maximum absolute atomic E-state index is 14.4. The standard InChI is InChI=1S/C34H33F9N2O4S/c1-20(35)7-8-21(2)50(48)31(17-26(18-31)44-30(47)23-13-15-45(16-14-23)22(3)46)24-9-11-25(12-10-24)32(33(38,39)40,34(41,42)43)49-19-27-28(36)5-4-6-29(27)37/h4-12,23,26H,1-2,13-19H2,3H3,(H,44,47)/b8-7-. The van der Waals surface area contributed by atoms with Gasteiger partial charge in [0, 0.05) is 48.0 Å². The van der Waals surface area contributed by atoms with Crippen LogP contribution in [0, 0.1) is 17.6 Å². The van der Waals surface area contributed by atoms with E-state index in [1.807, 2.05) is 0 Å². The fraction of sp³-hybridized carbons (Fsp3) is 0.412. The van der Waals surface area contributed by atoms with Crippen molar-refractivity contribution in [2.75, 3.05) is 13.1 Å². The summed E-state index contributed by atoms with van der Waals surface area (Å²) in [6, 6.07) is 4.32. The first-order valence-electron chi connectivity index (χ1n) is 15.2. The van der Waals surface area contributed by atoms with Crippen molar-refractivity contribution in [3.8, 4) is 0 Å². The molecule has 0 spiro atoms. The van der Waals surface area contributed by atoms with E-state index in [0.717, 1.165) is 30.4 Å². The Morgan fingerprint density at radius 1 is 0.960 bits per heavy atom. The number of hydrogen-bond donors (Lipinski definition) is 1. The molecule has 2 aliphatic rings. The Kier molecular flexibility index (Phi) is 11.5. The van der Waals surface area contributed by atoms with E-state index in [2.05, 4.69) is 23.2 Å². The predicted molar refractivity (Wildman–Crippen MR) is 166 cm³/mol. The number of ether oxygens (including phenoxy) is 1. The van der Waals surface area contributed by atoms with Gasteiger partial charge in [-0.1, -0.05) is 43.5 Å². The molecule has 0 bridgehead atoms. The molecule has 16 heteroatoms. The number of rotatable bonds is 11. The van der Waals surface area contributed by atoms with E-state index in [-0.39, 0.29) is 35.1 Å². The summed E-state index contributed by atoms with van der Waals surface area (Å²) in [5, 5.41) is 2.84. The smallest absolute Gasteiger partial charge is 0.353 e. The third-order valence-corrected chi connectivity index (χ3v) is 10.9. The monoisotopic (exact) mass is 736 g/mol. The fourth-order valence-electron chi connectivity index (χ4n) is 6.20. The predicted octanol–water partition coefficient (Wildman–Crippen LogP) is 7.54. The normalized spacial score (nSPS) is 21.1. The van der Waals surface area contributed by atoms with Gasteiger partial charge in [0.1, 0.15) is 17.5 Å². The number of hydrogen-bond acceptors (Lipinski definition) is 4. The lowest BCUT2D eigenvalue weighted by molar-refractivity contribution is -0.392. The Morgan fingerprint density at radius 2 is 1.50 bits per heavy atom. The lowest BCUT2D eigenvalue weighted by atomic mass is 9.74. The molecule has 1 heterocycles. The summed E-state index contributed by atoms with van der Waals surface area (Å²) in [4.78, 5) is 26.1. The van der Waals surface area contributed by atoms with E-state index in [1.54, 1.807) is 4.90 Å². The van der Waals surface area contributed by atoms with Crippen LogP contribution in [0.4, 0.5) is 39.5 Å². The van der Waals surface area contributed by atoms with E-state index in [4.69, 9.17) is 0 Å². The number of alkyl halides is 6. The average molecular weight is 737 g/mol. The van der Waals surface area contributed by atoms with Gasteiger partial charge in [-0.05, 0) is 55.5 Å². The Balaban J connectivity index is 1.66. The highest BCUT2D eigenvalue weighted by Gasteiger charge is 2.73. The van der Waals surface area contributed by atoms with Crippen LogP contribution in [0.2, 0.25) is 0 Å². The molecule has 1 N–H and O–H groups in total. The minimum atomic E-state index is -6.17. The van der Waals surface area contributed by atoms with E-state index >= 15 is 0 Å². The Hall–Kier alpha value is -3.92. The molecular formula is C34H33F9N2O4S. The zero-order valence-electron chi connectivity index (χ0n) is 26.6. The van der Waals surface area contributed by atoms with Gasteiger partial charge >= 0.3 is 12.4 Å². The number of benzene rings is 2. The zero-order valence-corrected chi connectivity index (χ0v) is 27.4. The molecule has 272 valence electrons. The van der Waals surface area contributed by atoms with Crippen LogP contribution in [0.3, 0.4) is 0 Å². The van der Waals surface area contributed by atoms with Gasteiger partial charge in [0.25, 0.3) is 5.60 Å². The number of carbonyl (C=O) groups excluding carboxylic acids is 2. The summed E-state index contributed by atoms with van der Waals surface area (Å²) in [5.74, 6) is -4.61. The molecular weight excluding hydrogens is 703 g/mol. The SMILES string of the molecule is C=C(F)/C=C\C(=C)S(=O)C1(c2ccc(C(OCc3c(F)cccc3F)(C(F)(F)F)C(F)(F)F)cc2)CC(NC(=O)C2CCN(C(C)=O)CC2)C1. The van der Waals surface area contributed by atoms with Gasteiger partial charge in [-0.3, -0.25) is 13.8 Å². The third kappa shape index (κ3) is 7.70. The van der Waals surface area contributed by atoms with Gasteiger partial charge in [0.05, 0.1) is 22.2 Å². The topological polar surface area (TPSA) is 75.7 Å². The number of halogens is 9. The Bertz CT molecular complexity index is 1640. The third-order valence-electron chi connectivity index (χ3n) is 8.96. The lowest BCUT2D eigenvalue weighted by Gasteiger charge is -2.48. The van der Waals surface area contributed by atoms with Crippen molar-refractivity contribution in [1.29, 1.82) is 0 Å². The van der Waals surface area contributed by atoms with E-state index in [9.17, 15) is 53.3 Å². The highest BCUT2D eigenvalue weighted by molar-refractivity contribution is 7.90. The maximum Gasteiger partial charge on any atom is 0.430 e. The second kappa shape index (κ2) is 14.7. The fourth-order valence-corrected chi connectivity index (χ4v) is 7.95. The van der Waals surface area contributed by atoms with E-state index < -0.39 is 80.7 Å². The molecule has 50 heavy (non-hydrogen) atoms. The van der Waals surface area contributed by atoms with Gasteiger partial charge in [-0.15, -0.1) is 0 Å². The van der Waals surface area contributed by atoms with Crippen molar-refractivity contribution in [2.45, 2.75) is 68.0 Å². The van der Waals surface area contributed by atoms with E-state index in [1.165, 1.54) is 6.92 Å². The minimum Gasteiger partial charge on any atom is -0.353 e. The molecule has 0 aromatic heterocycles. The number of amides is 2. The molecule has 0 radical (unpaired) electrons. The average Bonchev–Trinajstić information content (AvgIpc) is 3.01. The number of allylic oxidation sites excluding steroid dienone is 3. The molecule has 2 aromatic carbocycles. The minimum absolute atomic E-state index is 0.0203. The Morgan fingerprint density at radius 3 is 1.98 bits per heavy atom. The maximum atomic E-state index is 14.4. The van der Waals surface area contributed by atoms with Gasteiger partial charge in [-0.2, -0.15) is 26.3 Å². The molecule has 1 atom stereocenters. The highest BCUT2D eigenvalue weighted by atomic mass is 32.2. The summed E-state index contributed by atoms with van der Waals surface area (Å²) in [7, 11) is -2.14. The van der Waals surface area contributed by atoms with Crippen LogP contribution in [-0.4, -0.2) is 52.4 Å². The Labute approximate surface area is 284 Å². The van der Waals surface area contributed by atoms with Gasteiger partial charge in [0.2, 0.25) is 11.8 Å². The number of piperidine rings is 1. The first-order chi connectivity index (χ1) is 23.2. The van der Waals surface area contributed by atoms with Crippen molar-refractivity contribution < 1.29 is 58.0 Å². The summed E-state index contributed by atoms with van der Waals surface area (Å²) in [6.45, 7) is 7.18. The van der Waals surface area contributed by atoms with Crippen LogP contribution in [0.5, 0.6) is 0 Å². The summed E-state index contributed by atoms with van der Waals surface area (Å²) in [6.07, 6.45) is -9.75. The van der Waals surface area contributed by atoms with E-state index in [0.29, 0.717) is 50.2 Å². The molecule has 2 amide bonds. The number of carbonyl (C=O) groups is 2. The molecule has 4 rings (SSSR count). The number of nitrogens with one attached hydrogen (secondary N) is 1. The second-order valence-electron chi connectivity index (χ2n) is 12.1. The van der Waals surface area contributed by atoms with Crippen molar-refractivity contribution in [3.05, 3.63) is 107 Å². The first-order valence-corrected chi connectivity index (χ1v) is 16.4. The quantitative estimate of drug-likeness (QED) is 0.191. The van der Waals surface area contributed by atoms with Gasteiger partial charge in [-0.25, -0.2) is 13.2 Å². The van der Waals surface area contributed by atoms with Crippen molar-refractivity contribution >= 4 is 22.6 Å². The van der Waals surface area contributed by atoms with Crippen LogP contribution >= 0.6 is 0 Å². The first kappa shape index (κ1) is 38.9.